The van der Waals surface area contributed by atoms with Gasteiger partial charge in [0, 0.05) is 41.2 Å². The number of fused-ring (bicyclic) bond motifs is 8. The molecule has 61 heavy (non-hydrogen) atoms. The van der Waals surface area contributed by atoms with Crippen molar-refractivity contribution >= 4 is 90.4 Å². The van der Waals surface area contributed by atoms with Crippen molar-refractivity contribution in [3.63, 3.8) is 0 Å². The molecule has 17 heteroatoms. The number of likely N-dealkylation sites (tertiary alicyclic amines) is 1. The maximum Gasteiger partial charge on any atom is 0.306 e. The molecule has 3 N–H and O–H groups in total. The van der Waals surface area contributed by atoms with Crippen molar-refractivity contribution in [2.75, 3.05) is 37.9 Å². The van der Waals surface area contributed by atoms with Crippen molar-refractivity contribution in [2.24, 2.45) is 27.7 Å². The fraction of sp³-hybridized carbons (Fsp3) is 0.341. The second kappa shape index (κ2) is 15.8. The number of ether oxygens (including phenoxy) is 2. The molecule has 0 unspecified atom stereocenters. The second-order valence-corrected chi connectivity index (χ2v) is 18.0. The zero-order valence-electron chi connectivity index (χ0n) is 33.4. The van der Waals surface area contributed by atoms with Crippen molar-refractivity contribution in [1.29, 1.82) is 5.26 Å². The van der Waals surface area contributed by atoms with E-state index in [1.165, 1.54) is 16.0 Å². The summed E-state index contributed by atoms with van der Waals surface area (Å²) >= 11 is 3.22. The van der Waals surface area contributed by atoms with Crippen LogP contribution in [0.25, 0.3) is 20.4 Å². The Labute approximate surface area is 358 Å². The summed E-state index contributed by atoms with van der Waals surface area (Å²) in [6.45, 7) is 2.48. The lowest BCUT2D eigenvalue weighted by Crippen LogP contribution is -2.52. The van der Waals surface area contributed by atoms with Crippen LogP contribution in [-0.2, 0) is 48.4 Å². The van der Waals surface area contributed by atoms with E-state index in [0.717, 1.165) is 108 Å². The molecule has 6 aromatic rings. The van der Waals surface area contributed by atoms with Gasteiger partial charge in [-0.1, -0.05) is 0 Å². The average Bonchev–Trinajstić information content (AvgIpc) is 4.07. The van der Waals surface area contributed by atoms with Crippen molar-refractivity contribution < 1.29 is 24.2 Å². The van der Waals surface area contributed by atoms with Gasteiger partial charge in [0.25, 0.3) is 0 Å². The number of aliphatic carboxylic acids is 1. The molecule has 2 aromatic carbocycles. The number of carboxylic acids is 1. The number of aryl methyl sites for hydroxylation is 2. The molecule has 7 heterocycles. The summed E-state index contributed by atoms with van der Waals surface area (Å²) in [6, 6.07) is 10.3. The Morgan fingerprint density at radius 2 is 1.28 bits per heavy atom. The fourth-order valence-electron chi connectivity index (χ4n) is 8.89. The van der Waals surface area contributed by atoms with Crippen LogP contribution in [0.15, 0.2) is 46.9 Å². The Morgan fingerprint density at radius 1 is 0.770 bits per heavy atom. The normalized spacial score (nSPS) is 18.3. The number of methoxy groups -OCH3 is 2. The predicted molar refractivity (Wildman–Crippen MR) is 234 cm³/mol. The Balaban J connectivity index is 0.000000148. The number of anilines is 4. The third-order valence-electron chi connectivity index (χ3n) is 12.2. The summed E-state index contributed by atoms with van der Waals surface area (Å²) in [6.07, 6.45) is 11.1. The summed E-state index contributed by atoms with van der Waals surface area (Å²) in [4.78, 5) is 56.9. The molecule has 1 fully saturated rings. The largest absolute Gasteiger partial charge is 0.495 e. The number of carbonyl (C=O) groups excluding carboxylic acids is 1. The number of amides is 1. The number of benzene rings is 2. The molecule has 5 aliphatic rings. The van der Waals surface area contributed by atoms with Crippen molar-refractivity contribution in [2.45, 2.75) is 51.6 Å². The Kier molecular flexibility index (Phi) is 10.0. The maximum atomic E-state index is 12.9. The van der Waals surface area contributed by atoms with Gasteiger partial charge in [-0.15, -0.1) is 22.7 Å². The number of aliphatic imine (C=N–C) groups is 2. The first-order valence-corrected chi connectivity index (χ1v) is 21.8. The van der Waals surface area contributed by atoms with Gasteiger partial charge >= 0.3 is 5.97 Å². The average molecular weight is 853 g/mol. The molecule has 3 aliphatic heterocycles. The third kappa shape index (κ3) is 7.08. The van der Waals surface area contributed by atoms with Gasteiger partial charge in [0.15, 0.2) is 0 Å². The molecule has 0 saturated carbocycles. The van der Waals surface area contributed by atoms with E-state index in [2.05, 4.69) is 46.6 Å². The summed E-state index contributed by atoms with van der Waals surface area (Å²) in [7, 11) is 3.32. The molecule has 15 nitrogen and oxygen atoms in total. The lowest BCUT2D eigenvalue weighted by atomic mass is 9.85. The van der Waals surface area contributed by atoms with E-state index < -0.39 is 5.97 Å². The van der Waals surface area contributed by atoms with Crippen molar-refractivity contribution in [3.8, 4) is 17.6 Å². The monoisotopic (exact) mass is 852 g/mol. The van der Waals surface area contributed by atoms with E-state index in [0.29, 0.717) is 39.0 Å². The van der Waals surface area contributed by atoms with Gasteiger partial charge in [0.05, 0.1) is 67.4 Å². The molecule has 0 bridgehead atoms. The van der Waals surface area contributed by atoms with Gasteiger partial charge in [-0.3, -0.25) is 19.6 Å². The number of rotatable bonds is 8. The van der Waals surface area contributed by atoms with E-state index in [1.807, 2.05) is 41.6 Å². The number of hydrogen-bond donors (Lipinski definition) is 3. The number of hydrogen-bond acceptors (Lipinski definition) is 15. The summed E-state index contributed by atoms with van der Waals surface area (Å²) in [5.74, 6) is 2.09. The van der Waals surface area contributed by atoms with E-state index in [4.69, 9.17) is 14.7 Å². The molecule has 308 valence electrons. The van der Waals surface area contributed by atoms with Crippen LogP contribution in [0.3, 0.4) is 0 Å². The minimum atomic E-state index is -0.725. The maximum absolute atomic E-state index is 12.9. The molecule has 0 spiro atoms. The zero-order chi connectivity index (χ0) is 41.8. The number of carboxylic acid groups (broad SMARTS) is 1. The number of nitrogens with one attached hydrogen (secondary N) is 2. The number of nitriles is 1. The van der Waals surface area contributed by atoms with Gasteiger partial charge in [0.2, 0.25) is 5.91 Å². The molecule has 4 aromatic heterocycles. The smallest absolute Gasteiger partial charge is 0.306 e. The van der Waals surface area contributed by atoms with Gasteiger partial charge in [-0.2, -0.15) is 5.26 Å². The van der Waals surface area contributed by atoms with Crippen LogP contribution in [0.4, 0.5) is 23.0 Å². The fourth-order valence-corrected chi connectivity index (χ4v) is 11.4. The van der Waals surface area contributed by atoms with E-state index in [-0.39, 0.29) is 23.7 Å². The van der Waals surface area contributed by atoms with Crippen molar-refractivity contribution in [3.05, 3.63) is 80.1 Å². The van der Waals surface area contributed by atoms with Crippen LogP contribution in [-0.4, -0.2) is 81.6 Å². The predicted octanol–water partition coefficient (Wildman–Crippen LogP) is 7.03. The Bertz CT molecular complexity index is 2880. The highest BCUT2D eigenvalue weighted by molar-refractivity contribution is 7.19. The van der Waals surface area contributed by atoms with Crippen LogP contribution < -0.4 is 20.1 Å². The number of aromatic nitrogens is 4. The molecular weight excluding hydrogens is 813 g/mol. The lowest BCUT2D eigenvalue weighted by molar-refractivity contribution is -0.142. The van der Waals surface area contributed by atoms with Crippen LogP contribution in [0.5, 0.6) is 11.5 Å². The SMILES string of the molecule is COc1cc2c(cc1Nc1ncnc3sc4c(c13)CC[C@H](C(=O)N1CC(C#N)C1)C4)C=NC2.COc1cc2c(cc1Nc1ncnc3sc4c(c13)CC[C@H](C(=O)O)C4)C=NC2. The highest BCUT2D eigenvalue weighted by Gasteiger charge is 2.37. The van der Waals surface area contributed by atoms with E-state index >= 15 is 0 Å². The van der Waals surface area contributed by atoms with Crippen LogP contribution in [0.2, 0.25) is 0 Å². The minimum absolute atomic E-state index is 0.0104. The van der Waals surface area contributed by atoms with E-state index in [1.54, 1.807) is 49.5 Å². The van der Waals surface area contributed by atoms with E-state index in [9.17, 15) is 14.7 Å². The van der Waals surface area contributed by atoms with Crippen LogP contribution in [0.1, 0.15) is 56.0 Å². The summed E-state index contributed by atoms with van der Waals surface area (Å²) < 4.78 is 11.2. The molecule has 0 radical (unpaired) electrons. The molecule has 2 aliphatic carbocycles. The molecule has 1 amide bonds. The summed E-state index contributed by atoms with van der Waals surface area (Å²) in [5, 5.41) is 27.3. The highest BCUT2D eigenvalue weighted by atomic mass is 32.1. The number of nitrogens with zero attached hydrogens (tertiary/aromatic N) is 8. The first-order chi connectivity index (χ1) is 29.8. The Hall–Kier alpha value is -6.51. The molecular formula is C44H40N10O5S2. The molecule has 2 atom stereocenters. The number of thiophene rings is 2. The standard InChI is InChI=1S/C24H22N6O2S.C20H18N4O3S/c1-32-19-5-16-9-26-8-15(16)4-18(19)29-22-21-17-3-2-14(24(31)30-10-13(7-25)11-30)6-20(17)33-23(21)28-12-27-22;1-27-15-5-12-8-21-7-11(12)4-14(15)24-18-17-13-3-2-10(20(25)26)6-16(13)28-19(17)23-9-22-18/h4-5,8,12-14H,2-3,6,9-11H2,1H3,(H,27,28,29);4-5,7,9-10H,2-3,6,8H2,1H3,(H,25,26)(H,22,23,24)/t14-;10-/m00/s1. The topological polar surface area (TPSA) is 200 Å². The van der Waals surface area contributed by atoms with Crippen LogP contribution >= 0.6 is 22.7 Å². The van der Waals surface area contributed by atoms with Crippen LogP contribution in [0, 0.1) is 29.1 Å². The minimum Gasteiger partial charge on any atom is -0.495 e. The highest BCUT2D eigenvalue weighted by Crippen LogP contribution is 2.44. The zero-order valence-corrected chi connectivity index (χ0v) is 35.0. The van der Waals surface area contributed by atoms with Gasteiger partial charge in [-0.25, -0.2) is 19.9 Å². The van der Waals surface area contributed by atoms with Crippen molar-refractivity contribution in [1.82, 2.24) is 24.8 Å². The summed E-state index contributed by atoms with van der Waals surface area (Å²) in [5.41, 5.74) is 8.53. The first-order valence-electron chi connectivity index (χ1n) is 20.2. The van der Waals surface area contributed by atoms with Gasteiger partial charge < -0.3 is 30.1 Å². The first kappa shape index (κ1) is 38.7. The quantitative estimate of drug-likeness (QED) is 0.141. The molecule has 1 saturated heterocycles. The van der Waals surface area contributed by atoms with Gasteiger partial charge in [-0.05, 0) is 96.2 Å². The third-order valence-corrected chi connectivity index (χ3v) is 14.5. The molecule has 11 rings (SSSR count). The number of carbonyl (C=O) groups is 2. The van der Waals surface area contributed by atoms with Gasteiger partial charge in [0.1, 0.15) is 45.5 Å². The second-order valence-electron chi connectivity index (χ2n) is 15.8. The Morgan fingerprint density at radius 3 is 1.77 bits per heavy atom. The lowest BCUT2D eigenvalue weighted by Gasteiger charge is -2.38.